The Kier molecular flexibility index (Phi) is 7.32. The number of rotatable bonds is 8. The molecule has 1 atom stereocenters. The van der Waals surface area contributed by atoms with Crippen molar-refractivity contribution in [2.45, 2.75) is 32.7 Å². The van der Waals surface area contributed by atoms with Crippen LogP contribution in [-0.4, -0.2) is 32.3 Å². The van der Waals surface area contributed by atoms with Gasteiger partial charge in [-0.15, -0.1) is 0 Å². The second-order valence-electron chi connectivity index (χ2n) is 4.73. The third kappa shape index (κ3) is 5.10. The van der Waals surface area contributed by atoms with Gasteiger partial charge in [0.05, 0.1) is 29.5 Å². The number of methoxy groups -OCH3 is 1. The van der Waals surface area contributed by atoms with Gasteiger partial charge in [0.2, 0.25) is 0 Å². The van der Waals surface area contributed by atoms with Crippen molar-refractivity contribution in [3.8, 4) is 0 Å². The van der Waals surface area contributed by atoms with Crippen LogP contribution in [-0.2, 0) is 9.47 Å². The number of halogens is 1. The Morgan fingerprint density at radius 2 is 2.14 bits per heavy atom. The summed E-state index contributed by atoms with van der Waals surface area (Å²) < 4.78 is 10.2. The number of nitrogens with two attached hydrogens (primary N) is 1. The van der Waals surface area contributed by atoms with Gasteiger partial charge in [0, 0.05) is 18.8 Å². The summed E-state index contributed by atoms with van der Waals surface area (Å²) in [6, 6.07) is 3.25. The minimum atomic E-state index is -0.443. The molecular weight excluding hydrogens is 292 g/mol. The highest BCUT2D eigenvalue weighted by Crippen LogP contribution is 2.31. The molecule has 1 unspecified atom stereocenters. The highest BCUT2D eigenvalue weighted by molar-refractivity contribution is 6.34. The molecule has 0 aromatic heterocycles. The fourth-order valence-electron chi connectivity index (χ4n) is 2.10. The maximum Gasteiger partial charge on any atom is 0.340 e. The zero-order valence-electron chi connectivity index (χ0n) is 12.7. The van der Waals surface area contributed by atoms with E-state index in [0.717, 1.165) is 12.8 Å². The van der Waals surface area contributed by atoms with Crippen molar-refractivity contribution in [3.63, 3.8) is 0 Å². The Labute approximate surface area is 130 Å². The van der Waals surface area contributed by atoms with E-state index in [0.29, 0.717) is 35.2 Å². The van der Waals surface area contributed by atoms with E-state index in [1.165, 1.54) is 0 Å². The van der Waals surface area contributed by atoms with Crippen molar-refractivity contribution in [3.05, 3.63) is 22.7 Å². The maximum absolute atomic E-state index is 12.1. The summed E-state index contributed by atoms with van der Waals surface area (Å²) in [5, 5.41) is 3.67. The number of anilines is 2. The zero-order chi connectivity index (χ0) is 15.8. The molecule has 0 spiro atoms. The van der Waals surface area contributed by atoms with Gasteiger partial charge in [0.15, 0.2) is 0 Å². The summed E-state index contributed by atoms with van der Waals surface area (Å²) >= 11 is 6.23. The summed E-state index contributed by atoms with van der Waals surface area (Å²) in [6.45, 7) is 4.66. The lowest BCUT2D eigenvalue weighted by Gasteiger charge is -2.21. The first-order valence-corrected chi connectivity index (χ1v) is 7.42. The third-order valence-electron chi connectivity index (χ3n) is 2.96. The topological polar surface area (TPSA) is 73.6 Å². The van der Waals surface area contributed by atoms with Crippen LogP contribution >= 0.6 is 11.6 Å². The molecule has 1 rings (SSSR count). The second-order valence-corrected chi connectivity index (χ2v) is 5.14. The van der Waals surface area contributed by atoms with Gasteiger partial charge in [0.1, 0.15) is 0 Å². The summed E-state index contributed by atoms with van der Waals surface area (Å²) in [6.07, 6.45) is 1.89. The lowest BCUT2D eigenvalue weighted by atomic mass is 10.1. The average molecular weight is 315 g/mol. The van der Waals surface area contributed by atoms with Gasteiger partial charge < -0.3 is 20.5 Å². The molecule has 1 aromatic carbocycles. The quantitative estimate of drug-likeness (QED) is 0.569. The Hall–Kier alpha value is -1.46. The van der Waals surface area contributed by atoms with Gasteiger partial charge in [0.25, 0.3) is 0 Å². The Morgan fingerprint density at radius 1 is 1.43 bits per heavy atom. The highest BCUT2D eigenvalue weighted by atomic mass is 35.5. The van der Waals surface area contributed by atoms with E-state index < -0.39 is 5.97 Å². The van der Waals surface area contributed by atoms with Crippen LogP contribution < -0.4 is 11.1 Å². The van der Waals surface area contributed by atoms with E-state index in [-0.39, 0.29) is 6.04 Å². The second kappa shape index (κ2) is 8.74. The number of carbonyl (C=O) groups excluding carboxylic acids is 1. The van der Waals surface area contributed by atoms with E-state index in [1.54, 1.807) is 26.2 Å². The van der Waals surface area contributed by atoms with Crippen LogP contribution in [0.3, 0.4) is 0 Å². The Balaban J connectivity index is 3.10. The van der Waals surface area contributed by atoms with Crippen LogP contribution in [0.25, 0.3) is 0 Å². The lowest BCUT2D eigenvalue weighted by molar-refractivity contribution is 0.0527. The highest BCUT2D eigenvalue weighted by Gasteiger charge is 2.19. The third-order valence-corrected chi connectivity index (χ3v) is 3.26. The van der Waals surface area contributed by atoms with Crippen molar-refractivity contribution in [2.24, 2.45) is 0 Å². The normalized spacial score (nSPS) is 12.0. The van der Waals surface area contributed by atoms with Gasteiger partial charge in [-0.05, 0) is 25.5 Å². The fraction of sp³-hybridized carbons (Fsp3) is 0.533. The Bertz CT molecular complexity index is 474. The van der Waals surface area contributed by atoms with Gasteiger partial charge in [-0.1, -0.05) is 24.9 Å². The summed E-state index contributed by atoms with van der Waals surface area (Å²) in [4.78, 5) is 12.1. The molecule has 0 saturated heterocycles. The van der Waals surface area contributed by atoms with Crippen molar-refractivity contribution >= 4 is 28.9 Å². The van der Waals surface area contributed by atoms with Crippen LogP contribution in [0, 0.1) is 0 Å². The SMILES string of the molecule is CCCC(COC)Nc1c(Cl)cc(N)cc1C(=O)OCC. The number of benzene rings is 1. The van der Waals surface area contributed by atoms with E-state index in [9.17, 15) is 4.79 Å². The summed E-state index contributed by atoms with van der Waals surface area (Å²) in [5.74, 6) is -0.443. The van der Waals surface area contributed by atoms with Crippen LogP contribution in [0.5, 0.6) is 0 Å². The van der Waals surface area contributed by atoms with E-state index in [1.807, 2.05) is 0 Å². The standard InChI is InChI=1S/C15H23ClN2O3/c1-4-6-11(9-20-3)18-14-12(15(19)21-5-2)7-10(17)8-13(14)16/h7-8,11,18H,4-6,9,17H2,1-3H3. The number of carbonyl (C=O) groups is 1. The van der Waals surface area contributed by atoms with Crippen LogP contribution in [0.15, 0.2) is 12.1 Å². The van der Waals surface area contributed by atoms with Crippen LogP contribution in [0.1, 0.15) is 37.0 Å². The van der Waals surface area contributed by atoms with Gasteiger partial charge >= 0.3 is 5.97 Å². The number of nitrogen functional groups attached to an aromatic ring is 1. The maximum atomic E-state index is 12.1. The molecule has 0 heterocycles. The molecule has 118 valence electrons. The molecule has 0 fully saturated rings. The van der Waals surface area contributed by atoms with E-state index in [2.05, 4.69) is 12.2 Å². The smallest absolute Gasteiger partial charge is 0.340 e. The largest absolute Gasteiger partial charge is 0.462 e. The molecule has 6 heteroatoms. The molecule has 0 amide bonds. The molecular formula is C15H23ClN2O3. The molecule has 0 aliphatic heterocycles. The minimum Gasteiger partial charge on any atom is -0.462 e. The van der Waals surface area contributed by atoms with Gasteiger partial charge in [-0.2, -0.15) is 0 Å². The predicted octanol–water partition coefficient (Wildman–Crippen LogP) is 3.33. The number of hydrogen-bond donors (Lipinski definition) is 2. The summed E-state index contributed by atoms with van der Waals surface area (Å²) in [5.41, 5.74) is 7.08. The van der Waals surface area contributed by atoms with Gasteiger partial charge in [-0.3, -0.25) is 0 Å². The minimum absolute atomic E-state index is 0.0642. The molecule has 1 aromatic rings. The van der Waals surface area contributed by atoms with Crippen LogP contribution in [0.2, 0.25) is 5.02 Å². The number of esters is 1. The fourth-order valence-corrected chi connectivity index (χ4v) is 2.38. The molecule has 3 N–H and O–H groups in total. The molecule has 5 nitrogen and oxygen atoms in total. The van der Waals surface area contributed by atoms with Crippen molar-refractivity contribution < 1.29 is 14.3 Å². The first kappa shape index (κ1) is 17.6. The first-order chi connectivity index (χ1) is 10.0. The first-order valence-electron chi connectivity index (χ1n) is 7.05. The predicted molar refractivity (Wildman–Crippen MR) is 86.0 cm³/mol. The molecule has 0 bridgehead atoms. The molecule has 0 aliphatic carbocycles. The number of ether oxygens (including phenoxy) is 2. The van der Waals surface area contributed by atoms with E-state index >= 15 is 0 Å². The molecule has 0 radical (unpaired) electrons. The van der Waals surface area contributed by atoms with Crippen molar-refractivity contribution in [1.82, 2.24) is 0 Å². The summed E-state index contributed by atoms with van der Waals surface area (Å²) in [7, 11) is 1.64. The van der Waals surface area contributed by atoms with Crippen molar-refractivity contribution in [1.29, 1.82) is 0 Å². The average Bonchev–Trinajstić information content (AvgIpc) is 2.42. The van der Waals surface area contributed by atoms with Crippen molar-refractivity contribution in [2.75, 3.05) is 31.4 Å². The molecule has 0 saturated carbocycles. The van der Waals surface area contributed by atoms with Crippen LogP contribution in [0.4, 0.5) is 11.4 Å². The van der Waals surface area contributed by atoms with Gasteiger partial charge in [-0.25, -0.2) is 4.79 Å². The monoisotopic (exact) mass is 314 g/mol. The van der Waals surface area contributed by atoms with E-state index in [4.69, 9.17) is 26.8 Å². The number of hydrogen-bond acceptors (Lipinski definition) is 5. The molecule has 0 aliphatic rings. The molecule has 21 heavy (non-hydrogen) atoms. The zero-order valence-corrected chi connectivity index (χ0v) is 13.5. The Morgan fingerprint density at radius 3 is 2.71 bits per heavy atom. The lowest BCUT2D eigenvalue weighted by Crippen LogP contribution is -2.26. The number of nitrogens with one attached hydrogen (secondary N) is 1.